The second kappa shape index (κ2) is 5.96. The van der Waals surface area contributed by atoms with Crippen LogP contribution in [0.2, 0.25) is 0 Å². The quantitative estimate of drug-likeness (QED) is 0.678. The molecule has 0 aromatic heterocycles. The number of ether oxygens (including phenoxy) is 1. The highest BCUT2D eigenvalue weighted by molar-refractivity contribution is 5.95. The summed E-state index contributed by atoms with van der Waals surface area (Å²) in [7, 11) is 0. The molecule has 7 heteroatoms. The number of nitrogens with zero attached hydrogens (tertiary/aromatic N) is 1. The van der Waals surface area contributed by atoms with Gasteiger partial charge in [-0.15, -0.1) is 0 Å². The number of rotatable bonds is 3. The third-order valence-electron chi connectivity index (χ3n) is 3.19. The second-order valence-corrected chi connectivity index (χ2v) is 4.77. The van der Waals surface area contributed by atoms with Gasteiger partial charge >= 0.3 is 0 Å². The van der Waals surface area contributed by atoms with E-state index >= 15 is 0 Å². The van der Waals surface area contributed by atoms with Crippen LogP contribution in [0.25, 0.3) is 0 Å². The molecule has 108 valence electrons. The first kappa shape index (κ1) is 14.4. The Morgan fingerprint density at radius 1 is 1.55 bits per heavy atom. The van der Waals surface area contributed by atoms with E-state index < -0.39 is 16.6 Å². The van der Waals surface area contributed by atoms with E-state index in [1.165, 1.54) is 6.92 Å². The van der Waals surface area contributed by atoms with Crippen LogP contribution in [0.15, 0.2) is 12.1 Å². The first-order chi connectivity index (χ1) is 9.49. The van der Waals surface area contributed by atoms with E-state index in [-0.39, 0.29) is 22.9 Å². The van der Waals surface area contributed by atoms with Crippen molar-refractivity contribution in [2.75, 3.05) is 13.2 Å². The van der Waals surface area contributed by atoms with Crippen molar-refractivity contribution in [2.45, 2.75) is 25.8 Å². The lowest BCUT2D eigenvalue weighted by atomic mass is 10.1. The van der Waals surface area contributed by atoms with Crippen molar-refractivity contribution in [1.82, 2.24) is 5.32 Å². The number of halogens is 1. The average molecular weight is 282 g/mol. The van der Waals surface area contributed by atoms with Gasteiger partial charge in [-0.3, -0.25) is 14.9 Å². The van der Waals surface area contributed by atoms with Crippen molar-refractivity contribution in [2.24, 2.45) is 0 Å². The van der Waals surface area contributed by atoms with Crippen molar-refractivity contribution in [1.29, 1.82) is 0 Å². The molecule has 0 bridgehead atoms. The Bertz CT molecular complexity index is 541. The van der Waals surface area contributed by atoms with Gasteiger partial charge in [0, 0.05) is 18.7 Å². The van der Waals surface area contributed by atoms with Crippen LogP contribution >= 0.6 is 0 Å². The number of nitro benzene ring substituents is 1. The third-order valence-corrected chi connectivity index (χ3v) is 3.19. The minimum atomic E-state index is -0.732. The van der Waals surface area contributed by atoms with Crippen LogP contribution in [0.3, 0.4) is 0 Å². The fourth-order valence-electron chi connectivity index (χ4n) is 2.14. The number of hydrogen-bond donors (Lipinski definition) is 1. The molecule has 1 aromatic carbocycles. The van der Waals surface area contributed by atoms with E-state index in [0.717, 1.165) is 25.0 Å². The maximum absolute atomic E-state index is 13.9. The Kier molecular flexibility index (Phi) is 4.29. The highest BCUT2D eigenvalue weighted by Gasteiger charge is 2.23. The molecule has 0 aliphatic carbocycles. The minimum Gasteiger partial charge on any atom is -0.379 e. The Balaban J connectivity index is 2.21. The van der Waals surface area contributed by atoms with Crippen molar-refractivity contribution in [3.05, 3.63) is 39.2 Å². The molecule has 6 nitrogen and oxygen atoms in total. The molecular weight excluding hydrogens is 267 g/mol. The fraction of sp³-hybridized carbons (Fsp3) is 0.462. The number of carbonyl (C=O) groups is 1. The summed E-state index contributed by atoms with van der Waals surface area (Å²) in [5, 5.41) is 13.4. The van der Waals surface area contributed by atoms with E-state index in [2.05, 4.69) is 5.32 Å². The van der Waals surface area contributed by atoms with Gasteiger partial charge in [-0.1, -0.05) is 0 Å². The van der Waals surface area contributed by atoms with Gasteiger partial charge in [0.1, 0.15) is 5.82 Å². The smallest absolute Gasteiger partial charge is 0.270 e. The van der Waals surface area contributed by atoms with E-state index in [0.29, 0.717) is 13.2 Å². The first-order valence-electron chi connectivity index (χ1n) is 6.32. The summed E-state index contributed by atoms with van der Waals surface area (Å²) >= 11 is 0. The van der Waals surface area contributed by atoms with Gasteiger partial charge in [-0.25, -0.2) is 4.39 Å². The van der Waals surface area contributed by atoms with Crippen LogP contribution in [0.4, 0.5) is 10.1 Å². The van der Waals surface area contributed by atoms with E-state index in [1.807, 2.05) is 0 Å². The van der Waals surface area contributed by atoms with E-state index in [1.54, 1.807) is 0 Å². The number of benzene rings is 1. The summed E-state index contributed by atoms with van der Waals surface area (Å²) in [6.45, 7) is 2.42. The Hall–Kier alpha value is -2.02. The molecule has 1 heterocycles. The molecule has 1 N–H and O–H groups in total. The maximum Gasteiger partial charge on any atom is 0.270 e. The standard InChI is InChI=1S/C13H15FN2O4/c1-8-5-10(16(18)19)6-11(12(8)14)13(17)15-9-3-2-4-20-7-9/h5-6,9H,2-4,7H2,1H3,(H,15,17). The van der Waals surface area contributed by atoms with Gasteiger partial charge in [0.2, 0.25) is 0 Å². The fourth-order valence-corrected chi connectivity index (χ4v) is 2.14. The lowest BCUT2D eigenvalue weighted by molar-refractivity contribution is -0.385. The zero-order chi connectivity index (χ0) is 14.7. The molecular formula is C13H15FN2O4. The SMILES string of the molecule is Cc1cc([N+](=O)[O-])cc(C(=O)NC2CCCOC2)c1F. The summed E-state index contributed by atoms with van der Waals surface area (Å²) in [6, 6.07) is 1.88. The van der Waals surface area contributed by atoms with Crippen LogP contribution in [0, 0.1) is 22.9 Å². The largest absolute Gasteiger partial charge is 0.379 e. The number of carbonyl (C=O) groups excluding carboxylic acids is 1. The van der Waals surface area contributed by atoms with E-state index in [9.17, 15) is 19.3 Å². The normalized spacial score (nSPS) is 18.6. The van der Waals surface area contributed by atoms with Crippen LogP contribution < -0.4 is 5.32 Å². The third kappa shape index (κ3) is 3.11. The zero-order valence-corrected chi connectivity index (χ0v) is 11.0. The van der Waals surface area contributed by atoms with Gasteiger partial charge in [-0.2, -0.15) is 0 Å². The highest BCUT2D eigenvalue weighted by atomic mass is 19.1. The number of hydrogen-bond acceptors (Lipinski definition) is 4. The molecule has 1 aliphatic heterocycles. The predicted octanol–water partition coefficient (Wildman–Crippen LogP) is 1.95. The summed E-state index contributed by atoms with van der Waals surface area (Å²) in [4.78, 5) is 22.1. The van der Waals surface area contributed by atoms with Crippen LogP contribution in [0.1, 0.15) is 28.8 Å². The molecule has 1 amide bonds. The Morgan fingerprint density at radius 3 is 2.90 bits per heavy atom. The molecule has 0 spiro atoms. The highest BCUT2D eigenvalue weighted by Crippen LogP contribution is 2.21. The second-order valence-electron chi connectivity index (χ2n) is 4.77. The first-order valence-corrected chi connectivity index (χ1v) is 6.32. The van der Waals surface area contributed by atoms with Crippen LogP contribution in [-0.4, -0.2) is 30.1 Å². The number of nitro groups is 1. The number of non-ortho nitro benzene ring substituents is 1. The molecule has 1 saturated heterocycles. The van der Waals surface area contributed by atoms with Gasteiger partial charge < -0.3 is 10.1 Å². The summed E-state index contributed by atoms with van der Waals surface area (Å²) in [5.74, 6) is -1.38. The summed E-state index contributed by atoms with van der Waals surface area (Å²) < 4.78 is 19.2. The van der Waals surface area contributed by atoms with Crippen molar-refractivity contribution >= 4 is 11.6 Å². The lowest BCUT2D eigenvalue weighted by Gasteiger charge is -2.23. The van der Waals surface area contributed by atoms with Gasteiger partial charge in [0.25, 0.3) is 11.6 Å². The van der Waals surface area contributed by atoms with Gasteiger partial charge in [0.05, 0.1) is 23.1 Å². The minimum absolute atomic E-state index is 0.0734. The molecule has 1 aliphatic rings. The maximum atomic E-state index is 13.9. The summed E-state index contributed by atoms with van der Waals surface area (Å²) in [5.41, 5.74) is -0.527. The van der Waals surface area contributed by atoms with Crippen molar-refractivity contribution in [3.63, 3.8) is 0 Å². The molecule has 1 atom stereocenters. The molecule has 1 unspecified atom stereocenters. The molecule has 1 aromatic rings. The average Bonchev–Trinajstić information content (AvgIpc) is 2.42. The van der Waals surface area contributed by atoms with Crippen LogP contribution in [-0.2, 0) is 4.74 Å². The monoisotopic (exact) mass is 282 g/mol. The number of amides is 1. The Labute approximate surface area is 115 Å². The lowest BCUT2D eigenvalue weighted by Crippen LogP contribution is -2.41. The zero-order valence-electron chi connectivity index (χ0n) is 11.0. The number of aryl methyl sites for hydroxylation is 1. The molecule has 20 heavy (non-hydrogen) atoms. The van der Waals surface area contributed by atoms with Crippen molar-refractivity contribution in [3.8, 4) is 0 Å². The molecule has 1 fully saturated rings. The van der Waals surface area contributed by atoms with Crippen molar-refractivity contribution < 1.29 is 18.8 Å². The molecule has 0 radical (unpaired) electrons. The summed E-state index contributed by atoms with van der Waals surface area (Å²) in [6.07, 6.45) is 1.57. The van der Waals surface area contributed by atoms with Gasteiger partial charge in [0.15, 0.2) is 0 Å². The number of nitrogens with one attached hydrogen (secondary N) is 1. The topological polar surface area (TPSA) is 81.5 Å². The Morgan fingerprint density at radius 2 is 2.30 bits per heavy atom. The van der Waals surface area contributed by atoms with E-state index in [4.69, 9.17) is 4.74 Å². The van der Waals surface area contributed by atoms with Gasteiger partial charge in [-0.05, 0) is 25.3 Å². The predicted molar refractivity (Wildman–Crippen MR) is 69.1 cm³/mol. The van der Waals surface area contributed by atoms with Crippen LogP contribution in [0.5, 0.6) is 0 Å². The molecule has 0 saturated carbocycles. The molecule has 2 rings (SSSR count).